The molecule has 0 unspecified atom stereocenters. The van der Waals surface area contributed by atoms with Crippen molar-refractivity contribution >= 4 is 45.1 Å². The molecule has 1 aromatic carbocycles. The Balaban J connectivity index is 1.99. The minimum atomic E-state index is -1.14. The number of thiophene rings is 1. The molecular weight excluding hydrogens is 458 g/mol. The highest BCUT2D eigenvalue weighted by Gasteiger charge is 2.29. The average Bonchev–Trinajstić information content (AvgIpc) is 3.33. The Labute approximate surface area is 200 Å². The summed E-state index contributed by atoms with van der Waals surface area (Å²) in [6.07, 6.45) is 0.469. The average molecular weight is 486 g/mol. The second-order valence-corrected chi connectivity index (χ2v) is 8.99. The summed E-state index contributed by atoms with van der Waals surface area (Å²) < 4.78 is 7.66. The van der Waals surface area contributed by atoms with Crippen LogP contribution in [0.5, 0.6) is 5.75 Å². The van der Waals surface area contributed by atoms with Crippen LogP contribution in [0.2, 0.25) is 0 Å². The van der Waals surface area contributed by atoms with Crippen LogP contribution in [-0.2, 0) is 27.3 Å². The number of ether oxygens (including phenoxy) is 1. The Morgan fingerprint density at radius 1 is 1.18 bits per heavy atom. The molecule has 1 atom stereocenters. The molecule has 0 aliphatic rings. The van der Waals surface area contributed by atoms with E-state index in [-0.39, 0.29) is 17.2 Å². The molecule has 9 nitrogen and oxygen atoms in total. The third-order valence-corrected chi connectivity index (χ3v) is 6.40. The second kappa shape index (κ2) is 10.5. The van der Waals surface area contributed by atoms with Crippen molar-refractivity contribution in [1.29, 1.82) is 0 Å². The molecule has 34 heavy (non-hydrogen) atoms. The summed E-state index contributed by atoms with van der Waals surface area (Å²) in [5.41, 5.74) is 7.17. The highest BCUT2D eigenvalue weighted by Crippen LogP contribution is 2.40. The summed E-state index contributed by atoms with van der Waals surface area (Å²) >= 11 is 1.32. The van der Waals surface area contributed by atoms with Crippen molar-refractivity contribution in [3.63, 3.8) is 0 Å². The van der Waals surface area contributed by atoms with Gasteiger partial charge in [-0.2, -0.15) is 0 Å². The lowest BCUT2D eigenvalue weighted by Crippen LogP contribution is -2.46. The fraction of sp³-hybridized carbons (Fsp3) is 0.333. The van der Waals surface area contributed by atoms with E-state index < -0.39 is 36.2 Å². The molecule has 0 spiro atoms. The summed E-state index contributed by atoms with van der Waals surface area (Å²) in [7, 11) is 0. The molecule has 2 amide bonds. The molecule has 0 saturated heterocycles. The maximum atomic E-state index is 12.8. The van der Waals surface area contributed by atoms with Crippen LogP contribution in [0, 0.1) is 5.92 Å². The highest BCUT2D eigenvalue weighted by molar-refractivity contribution is 7.17. The van der Waals surface area contributed by atoms with E-state index in [1.54, 1.807) is 19.2 Å². The van der Waals surface area contributed by atoms with Crippen molar-refractivity contribution in [2.45, 2.75) is 39.8 Å². The van der Waals surface area contributed by atoms with E-state index in [1.807, 2.05) is 41.8 Å². The van der Waals surface area contributed by atoms with Gasteiger partial charge < -0.3 is 25.5 Å². The molecule has 4 N–H and O–H groups in total. The van der Waals surface area contributed by atoms with Gasteiger partial charge in [-0.05, 0) is 17.9 Å². The zero-order valence-electron chi connectivity index (χ0n) is 19.2. The zero-order chi connectivity index (χ0) is 25.0. The number of ketones is 1. The molecule has 10 heteroatoms. The van der Waals surface area contributed by atoms with E-state index in [9.17, 15) is 24.3 Å². The number of carboxylic acids is 1. The lowest BCUT2D eigenvalue weighted by molar-refractivity contribution is -0.143. The van der Waals surface area contributed by atoms with E-state index in [1.165, 1.54) is 11.3 Å². The first-order valence-electron chi connectivity index (χ1n) is 10.8. The van der Waals surface area contributed by atoms with Gasteiger partial charge in [0.15, 0.2) is 6.61 Å². The van der Waals surface area contributed by atoms with Crippen LogP contribution in [0.25, 0.3) is 10.2 Å². The van der Waals surface area contributed by atoms with Crippen LogP contribution in [0.3, 0.4) is 0 Å². The van der Waals surface area contributed by atoms with Gasteiger partial charge in [-0.25, -0.2) is 4.79 Å². The van der Waals surface area contributed by atoms with Gasteiger partial charge in [0.2, 0.25) is 0 Å². The number of fused-ring (bicyclic) bond motifs is 1. The quantitative estimate of drug-likeness (QED) is 0.282. The van der Waals surface area contributed by atoms with Gasteiger partial charge in [-0.1, -0.05) is 51.1 Å². The van der Waals surface area contributed by atoms with E-state index in [2.05, 4.69) is 5.32 Å². The molecule has 180 valence electrons. The molecule has 0 radical (unpaired) electrons. The van der Waals surface area contributed by atoms with Gasteiger partial charge >= 0.3 is 5.97 Å². The highest BCUT2D eigenvalue weighted by atomic mass is 32.1. The Morgan fingerprint density at radius 3 is 2.41 bits per heavy atom. The number of nitrogens with one attached hydrogen (secondary N) is 1. The first kappa shape index (κ1) is 25.0. The molecule has 0 aliphatic carbocycles. The van der Waals surface area contributed by atoms with Crippen molar-refractivity contribution in [2.24, 2.45) is 11.7 Å². The van der Waals surface area contributed by atoms with Gasteiger partial charge in [0.1, 0.15) is 16.6 Å². The van der Waals surface area contributed by atoms with Gasteiger partial charge in [0.25, 0.3) is 17.6 Å². The summed E-state index contributed by atoms with van der Waals surface area (Å²) in [5.74, 6) is -3.70. The smallest absolute Gasteiger partial charge is 0.326 e. The molecule has 0 aliphatic heterocycles. The van der Waals surface area contributed by atoms with E-state index >= 15 is 0 Å². The van der Waals surface area contributed by atoms with Crippen molar-refractivity contribution in [3.05, 3.63) is 52.5 Å². The number of nitrogens with zero attached hydrogens (tertiary/aromatic N) is 1. The third-order valence-electron chi connectivity index (χ3n) is 5.42. The molecule has 3 rings (SSSR count). The number of carbonyl (C=O) groups excluding carboxylic acids is 3. The summed E-state index contributed by atoms with van der Waals surface area (Å²) in [6, 6.07) is 8.62. The fourth-order valence-electron chi connectivity index (χ4n) is 3.81. The van der Waals surface area contributed by atoms with Crippen LogP contribution in [-0.4, -0.2) is 45.9 Å². The number of benzene rings is 1. The number of hydrogen-bond acceptors (Lipinski definition) is 6. The molecule has 0 bridgehead atoms. The predicted octanol–water partition coefficient (Wildman–Crippen LogP) is 2.59. The topological polar surface area (TPSA) is 141 Å². The Hall–Kier alpha value is -3.66. The lowest BCUT2D eigenvalue weighted by atomic mass is 10.1. The van der Waals surface area contributed by atoms with E-state index in [4.69, 9.17) is 10.5 Å². The maximum Gasteiger partial charge on any atom is 0.326 e. The number of carbonyl (C=O) groups is 4. The lowest BCUT2D eigenvalue weighted by Gasteiger charge is -2.17. The second-order valence-electron chi connectivity index (χ2n) is 8.14. The molecule has 3 aromatic rings. The van der Waals surface area contributed by atoms with Crippen LogP contribution >= 0.6 is 11.3 Å². The largest absolute Gasteiger partial charge is 0.482 e. The van der Waals surface area contributed by atoms with Crippen molar-refractivity contribution in [3.8, 4) is 5.75 Å². The van der Waals surface area contributed by atoms with Gasteiger partial charge in [-0.3, -0.25) is 14.4 Å². The number of aliphatic carboxylic acids is 1. The first-order chi connectivity index (χ1) is 16.1. The van der Waals surface area contributed by atoms with Gasteiger partial charge in [0, 0.05) is 17.6 Å². The van der Waals surface area contributed by atoms with E-state index in [0.717, 1.165) is 5.56 Å². The zero-order valence-corrected chi connectivity index (χ0v) is 20.0. The summed E-state index contributed by atoms with van der Waals surface area (Å²) in [5, 5.41) is 13.8. The standard InChI is InChI=1S/C24H27N3O6S/c1-4-15-18(21(29)22(25)30)19-16(33-11-17(28)26-20(13(2)3)24(31)32)12-34-23(19)27(15)10-14-8-6-5-7-9-14/h5-9,12-13,20H,4,10-11H2,1-3H3,(H2,25,30)(H,26,28)(H,31,32)/t20-/m0/s1. The third kappa shape index (κ3) is 5.12. The molecule has 0 saturated carbocycles. The van der Waals surface area contributed by atoms with Gasteiger partial charge in [0.05, 0.1) is 10.9 Å². The van der Waals surface area contributed by atoms with Crippen LogP contribution in [0.4, 0.5) is 0 Å². The molecular formula is C24H27N3O6S. The fourth-order valence-corrected chi connectivity index (χ4v) is 4.84. The number of Topliss-reactive ketones (excluding diaryl/α,β-unsaturated/α-hetero) is 1. The maximum absolute atomic E-state index is 12.8. The van der Waals surface area contributed by atoms with Crippen LogP contribution in [0.15, 0.2) is 35.7 Å². The normalized spacial score (nSPS) is 12.0. The van der Waals surface area contributed by atoms with Crippen molar-refractivity contribution in [1.82, 2.24) is 9.88 Å². The number of aromatic nitrogens is 1. The number of rotatable bonds is 11. The number of carboxylic acid groups (broad SMARTS) is 1. The number of amides is 2. The van der Waals surface area contributed by atoms with Crippen LogP contribution in [0.1, 0.15) is 42.4 Å². The SMILES string of the molecule is CCc1c(C(=O)C(N)=O)c2c(OCC(=O)N[C@H](C(=O)O)C(C)C)csc2n1Cc1ccccc1. The minimum absolute atomic E-state index is 0.170. The Bertz CT molecular complexity index is 1230. The Kier molecular flexibility index (Phi) is 7.72. The summed E-state index contributed by atoms with van der Waals surface area (Å²) in [6.45, 7) is 5.28. The predicted molar refractivity (Wildman–Crippen MR) is 128 cm³/mol. The molecule has 2 heterocycles. The summed E-state index contributed by atoms with van der Waals surface area (Å²) in [4.78, 5) is 49.1. The molecule has 2 aromatic heterocycles. The number of primary amides is 1. The van der Waals surface area contributed by atoms with Gasteiger partial charge in [-0.15, -0.1) is 11.3 Å². The number of hydrogen-bond donors (Lipinski definition) is 3. The van der Waals surface area contributed by atoms with Crippen molar-refractivity contribution < 1.29 is 29.0 Å². The van der Waals surface area contributed by atoms with Crippen LogP contribution < -0.4 is 15.8 Å². The monoisotopic (exact) mass is 485 g/mol. The Morgan fingerprint density at radius 2 is 1.85 bits per heavy atom. The first-order valence-corrected chi connectivity index (χ1v) is 11.7. The minimum Gasteiger partial charge on any atom is -0.482 e. The molecule has 0 fully saturated rings. The number of nitrogens with two attached hydrogens (primary N) is 1. The van der Waals surface area contributed by atoms with E-state index in [0.29, 0.717) is 28.9 Å². The van der Waals surface area contributed by atoms with Crippen molar-refractivity contribution in [2.75, 3.05) is 6.61 Å².